The highest BCUT2D eigenvalue weighted by Gasteiger charge is 2.54. The molecule has 3 rings (SSSR count). The van der Waals surface area contributed by atoms with Crippen molar-refractivity contribution < 1.29 is 39.2 Å². The highest BCUT2D eigenvalue weighted by Crippen LogP contribution is 2.40. The van der Waals surface area contributed by atoms with Crippen LogP contribution >= 0.6 is 11.8 Å². The smallest absolute Gasteiger partial charge is 0.352 e. The molecule has 0 radical (unpaired) electrons. The third-order valence-corrected chi connectivity index (χ3v) is 5.79. The molecule has 10 nitrogen and oxygen atoms in total. The SMILES string of the molecule is CC(=O)OCC1=C(C(=O)O)N2C(=O)[C@H](NC(=O)C(O)c3ccc(O)cc3)[C@H]2SC1. The van der Waals surface area contributed by atoms with Crippen LogP contribution in [0.25, 0.3) is 0 Å². The number of nitrogens with one attached hydrogen (secondary N) is 1. The summed E-state index contributed by atoms with van der Waals surface area (Å²) in [7, 11) is 0. The maximum absolute atomic E-state index is 12.5. The fourth-order valence-electron chi connectivity index (χ4n) is 3.02. The number of benzene rings is 1. The summed E-state index contributed by atoms with van der Waals surface area (Å²) in [5.74, 6) is -3.18. The number of thioether (sulfide) groups is 1. The van der Waals surface area contributed by atoms with E-state index in [-0.39, 0.29) is 34.9 Å². The van der Waals surface area contributed by atoms with Crippen LogP contribution in [0.3, 0.4) is 0 Å². The highest BCUT2D eigenvalue weighted by atomic mass is 32.2. The molecule has 0 aromatic heterocycles. The number of carboxylic acids is 1. The predicted octanol–water partition coefficient (Wildman–Crippen LogP) is -0.273. The Morgan fingerprint density at radius 3 is 2.55 bits per heavy atom. The highest BCUT2D eigenvalue weighted by molar-refractivity contribution is 8.00. The molecule has 3 atom stereocenters. The molecular formula is C18H18N2O8S. The number of aliphatic hydroxyl groups excluding tert-OH is 1. The van der Waals surface area contributed by atoms with Crippen LogP contribution in [0.1, 0.15) is 18.6 Å². The van der Waals surface area contributed by atoms with Gasteiger partial charge in [0.25, 0.3) is 11.8 Å². The zero-order valence-corrected chi connectivity index (χ0v) is 16.0. The maximum atomic E-state index is 12.5. The van der Waals surface area contributed by atoms with Gasteiger partial charge in [0.2, 0.25) is 0 Å². The van der Waals surface area contributed by atoms with Crippen molar-refractivity contribution in [2.45, 2.75) is 24.4 Å². The number of carboxylic acid groups (broad SMARTS) is 1. The van der Waals surface area contributed by atoms with E-state index in [0.717, 1.165) is 4.90 Å². The Hall–Kier alpha value is -3.05. The fraction of sp³-hybridized carbons (Fsp3) is 0.333. The van der Waals surface area contributed by atoms with Gasteiger partial charge >= 0.3 is 11.9 Å². The molecule has 4 N–H and O–H groups in total. The van der Waals surface area contributed by atoms with Crippen molar-refractivity contribution in [1.82, 2.24) is 10.2 Å². The second-order valence-electron chi connectivity index (χ2n) is 6.43. The molecule has 2 aliphatic rings. The summed E-state index contributed by atoms with van der Waals surface area (Å²) in [5.41, 5.74) is 0.260. The number of esters is 1. The maximum Gasteiger partial charge on any atom is 0.352 e. The number of β-lactam (4-membered cyclic amide) rings is 1. The number of hydrogen-bond acceptors (Lipinski definition) is 8. The number of aromatic hydroxyl groups is 1. The first-order valence-electron chi connectivity index (χ1n) is 8.51. The Balaban J connectivity index is 1.71. The van der Waals surface area contributed by atoms with Crippen LogP contribution in [0.4, 0.5) is 0 Å². The van der Waals surface area contributed by atoms with Crippen molar-refractivity contribution >= 4 is 35.5 Å². The Kier molecular flexibility index (Phi) is 5.80. The lowest BCUT2D eigenvalue weighted by Crippen LogP contribution is -2.71. The molecule has 11 heteroatoms. The number of phenolic OH excluding ortho intramolecular Hbond substituents is 1. The minimum Gasteiger partial charge on any atom is -0.508 e. The first-order chi connectivity index (χ1) is 13.7. The number of aliphatic carboxylic acids is 1. The summed E-state index contributed by atoms with van der Waals surface area (Å²) < 4.78 is 4.85. The third-order valence-electron chi connectivity index (χ3n) is 4.45. The van der Waals surface area contributed by atoms with E-state index in [9.17, 15) is 34.5 Å². The monoisotopic (exact) mass is 422 g/mol. The average Bonchev–Trinajstić information content (AvgIpc) is 2.69. The standard InChI is InChI=1S/C18H18N2O8S/c1-8(21)28-6-10-7-29-17-12(16(25)20(17)13(10)18(26)27)19-15(24)14(23)9-2-4-11(22)5-3-9/h2-5,12,14,17,22-23H,6-7H2,1H3,(H,19,24)(H,26,27)/t12-,14?,17+/m0/s1. The number of ether oxygens (including phenoxy) is 1. The van der Waals surface area contributed by atoms with E-state index in [1.54, 1.807) is 0 Å². The number of phenols is 1. The topological polar surface area (TPSA) is 153 Å². The molecule has 2 aliphatic heterocycles. The number of rotatable bonds is 6. The van der Waals surface area contributed by atoms with E-state index in [2.05, 4.69) is 5.32 Å². The zero-order chi connectivity index (χ0) is 21.3. The van der Waals surface area contributed by atoms with Gasteiger partial charge < -0.3 is 25.4 Å². The van der Waals surface area contributed by atoms with Gasteiger partial charge in [0, 0.05) is 18.2 Å². The molecule has 1 saturated heterocycles. The van der Waals surface area contributed by atoms with Crippen molar-refractivity contribution in [2.24, 2.45) is 0 Å². The van der Waals surface area contributed by atoms with Gasteiger partial charge in [-0.15, -0.1) is 11.8 Å². The Labute approximate surface area is 169 Å². The first-order valence-corrected chi connectivity index (χ1v) is 9.56. The molecule has 1 unspecified atom stereocenters. The molecule has 29 heavy (non-hydrogen) atoms. The molecule has 0 saturated carbocycles. The number of carbonyl (C=O) groups is 4. The van der Waals surface area contributed by atoms with Crippen molar-refractivity contribution in [1.29, 1.82) is 0 Å². The zero-order valence-electron chi connectivity index (χ0n) is 15.2. The quantitative estimate of drug-likeness (QED) is 0.358. The molecule has 1 fully saturated rings. The number of aliphatic hydroxyl groups is 1. The normalized spacial score (nSPS) is 21.7. The molecule has 0 bridgehead atoms. The van der Waals surface area contributed by atoms with Gasteiger partial charge in [0.1, 0.15) is 29.5 Å². The van der Waals surface area contributed by atoms with Gasteiger partial charge in [-0.05, 0) is 17.7 Å². The second kappa shape index (κ2) is 8.13. The summed E-state index contributed by atoms with van der Waals surface area (Å²) in [4.78, 5) is 48.5. The lowest BCUT2D eigenvalue weighted by molar-refractivity contribution is -0.152. The van der Waals surface area contributed by atoms with Crippen LogP contribution in [0.2, 0.25) is 0 Å². The lowest BCUT2D eigenvalue weighted by Gasteiger charge is -2.49. The Morgan fingerprint density at radius 2 is 1.97 bits per heavy atom. The molecular weight excluding hydrogens is 404 g/mol. The number of amides is 2. The van der Waals surface area contributed by atoms with Crippen LogP contribution in [-0.4, -0.2) is 67.7 Å². The van der Waals surface area contributed by atoms with Crippen LogP contribution in [0.15, 0.2) is 35.5 Å². The number of nitrogens with zero attached hydrogens (tertiary/aromatic N) is 1. The van der Waals surface area contributed by atoms with Crippen molar-refractivity contribution in [2.75, 3.05) is 12.4 Å². The average molecular weight is 422 g/mol. The molecule has 1 aromatic rings. The van der Waals surface area contributed by atoms with E-state index in [4.69, 9.17) is 4.74 Å². The summed E-state index contributed by atoms with van der Waals surface area (Å²) in [6.45, 7) is 0.955. The largest absolute Gasteiger partial charge is 0.508 e. The molecule has 0 spiro atoms. The molecule has 154 valence electrons. The predicted molar refractivity (Wildman–Crippen MR) is 99.4 cm³/mol. The van der Waals surface area contributed by atoms with Crippen molar-refractivity contribution in [3.8, 4) is 5.75 Å². The minimum atomic E-state index is -1.56. The molecule has 0 aliphatic carbocycles. The summed E-state index contributed by atoms with van der Waals surface area (Å²) in [6.07, 6.45) is -1.56. The van der Waals surface area contributed by atoms with Gasteiger partial charge in [0.15, 0.2) is 6.10 Å². The van der Waals surface area contributed by atoms with Gasteiger partial charge in [-0.25, -0.2) is 4.79 Å². The first kappa shape index (κ1) is 20.7. The minimum absolute atomic E-state index is 0.0256. The van der Waals surface area contributed by atoms with E-state index in [1.165, 1.54) is 43.0 Å². The van der Waals surface area contributed by atoms with Crippen LogP contribution in [0.5, 0.6) is 5.75 Å². The number of hydrogen-bond donors (Lipinski definition) is 4. The van der Waals surface area contributed by atoms with Crippen LogP contribution < -0.4 is 5.32 Å². The third kappa shape index (κ3) is 4.05. The van der Waals surface area contributed by atoms with Crippen molar-refractivity contribution in [3.63, 3.8) is 0 Å². The Bertz CT molecular complexity index is 898. The van der Waals surface area contributed by atoms with Crippen LogP contribution in [0, 0.1) is 0 Å². The Morgan fingerprint density at radius 1 is 1.31 bits per heavy atom. The molecule has 2 amide bonds. The van der Waals surface area contributed by atoms with Crippen molar-refractivity contribution in [3.05, 3.63) is 41.1 Å². The van der Waals surface area contributed by atoms with Crippen LogP contribution in [-0.2, 0) is 23.9 Å². The second-order valence-corrected chi connectivity index (χ2v) is 7.53. The summed E-state index contributed by atoms with van der Waals surface area (Å²) in [6, 6.07) is 4.37. The molecule has 1 aromatic carbocycles. The van der Waals surface area contributed by atoms with Gasteiger partial charge in [-0.1, -0.05) is 12.1 Å². The number of fused-ring (bicyclic) bond motifs is 1. The summed E-state index contributed by atoms with van der Waals surface area (Å²) in [5, 5.41) is 30.7. The van der Waals surface area contributed by atoms with E-state index in [1.807, 2.05) is 0 Å². The van der Waals surface area contributed by atoms with Gasteiger partial charge in [-0.2, -0.15) is 0 Å². The summed E-state index contributed by atoms with van der Waals surface area (Å²) >= 11 is 1.22. The lowest BCUT2D eigenvalue weighted by atomic mass is 10.0. The van der Waals surface area contributed by atoms with E-state index >= 15 is 0 Å². The van der Waals surface area contributed by atoms with E-state index in [0.29, 0.717) is 0 Å². The fourth-order valence-corrected chi connectivity index (χ4v) is 4.35. The van der Waals surface area contributed by atoms with Gasteiger partial charge in [0.05, 0.1) is 0 Å². The van der Waals surface area contributed by atoms with Gasteiger partial charge in [-0.3, -0.25) is 19.3 Å². The number of carbonyl (C=O) groups excluding carboxylic acids is 3. The molecule has 2 heterocycles. The van der Waals surface area contributed by atoms with E-state index < -0.39 is 41.3 Å².